The normalized spacial score (nSPS) is 11.2. The summed E-state index contributed by atoms with van der Waals surface area (Å²) in [7, 11) is 1.64. The van der Waals surface area contributed by atoms with E-state index in [1.54, 1.807) is 33.2 Å². The van der Waals surface area contributed by atoms with Crippen LogP contribution in [0.15, 0.2) is 23.1 Å². The summed E-state index contributed by atoms with van der Waals surface area (Å²) < 4.78 is 0.790. The van der Waals surface area contributed by atoms with Gasteiger partial charge in [0, 0.05) is 19.3 Å². The molecule has 4 nitrogen and oxygen atoms in total. The van der Waals surface area contributed by atoms with Crippen LogP contribution in [0.25, 0.3) is 0 Å². The number of aryl methyl sites for hydroxylation is 1. The molecular weight excluding hydrogens is 260 g/mol. The van der Waals surface area contributed by atoms with Gasteiger partial charge >= 0.3 is 0 Å². The highest BCUT2D eigenvalue weighted by atomic mass is 79.9. The van der Waals surface area contributed by atoms with Crippen LogP contribution < -0.4 is 10.9 Å². The fourth-order valence-electron chi connectivity index (χ4n) is 0.948. The number of rotatable bonds is 2. The van der Waals surface area contributed by atoms with E-state index in [4.69, 9.17) is 0 Å². The molecule has 15 heavy (non-hydrogen) atoms. The summed E-state index contributed by atoms with van der Waals surface area (Å²) in [6.07, 6.45) is 1.58. The first-order valence-electron chi connectivity index (χ1n) is 4.48. The standard InChI is InChI=1S/C10H13BrN2O2/c1-10(2,11)9(15)12-7-4-5-8(14)13(3)6-7/h4-6H,1-3H3,(H,12,15). The van der Waals surface area contributed by atoms with Crippen LogP contribution in [-0.2, 0) is 11.8 Å². The monoisotopic (exact) mass is 272 g/mol. The summed E-state index contributed by atoms with van der Waals surface area (Å²) in [6, 6.07) is 3.00. The number of pyridine rings is 1. The summed E-state index contributed by atoms with van der Waals surface area (Å²) in [4.78, 5) is 22.7. The number of carbonyl (C=O) groups is 1. The Labute approximate surface area is 96.4 Å². The lowest BCUT2D eigenvalue weighted by Gasteiger charge is -2.15. The molecule has 0 saturated heterocycles. The topological polar surface area (TPSA) is 51.1 Å². The zero-order valence-corrected chi connectivity index (χ0v) is 10.5. The third kappa shape index (κ3) is 3.20. The van der Waals surface area contributed by atoms with Gasteiger partial charge in [-0.15, -0.1) is 0 Å². The molecule has 1 amide bonds. The second-order valence-corrected chi connectivity index (χ2v) is 5.78. The first-order chi connectivity index (χ1) is 6.80. The lowest BCUT2D eigenvalue weighted by atomic mass is 10.2. The number of hydrogen-bond donors (Lipinski definition) is 1. The van der Waals surface area contributed by atoms with Gasteiger partial charge in [0.2, 0.25) is 11.5 Å². The zero-order chi connectivity index (χ0) is 11.6. The number of carbonyl (C=O) groups excluding carboxylic acids is 1. The molecule has 5 heteroatoms. The van der Waals surface area contributed by atoms with E-state index in [0.717, 1.165) is 0 Å². The van der Waals surface area contributed by atoms with Gasteiger partial charge in [0.1, 0.15) is 0 Å². The van der Waals surface area contributed by atoms with Crippen molar-refractivity contribution >= 4 is 27.5 Å². The Kier molecular flexibility index (Phi) is 3.34. The Morgan fingerprint density at radius 1 is 1.47 bits per heavy atom. The van der Waals surface area contributed by atoms with Gasteiger partial charge in [0.25, 0.3) is 0 Å². The summed E-state index contributed by atoms with van der Waals surface area (Å²) in [5.74, 6) is -0.152. The number of halogens is 1. The second kappa shape index (κ2) is 4.18. The molecule has 1 aromatic rings. The van der Waals surface area contributed by atoms with Crippen molar-refractivity contribution in [3.8, 4) is 0 Å². The van der Waals surface area contributed by atoms with E-state index in [0.29, 0.717) is 5.69 Å². The highest BCUT2D eigenvalue weighted by molar-refractivity contribution is 9.10. The van der Waals surface area contributed by atoms with E-state index in [-0.39, 0.29) is 11.5 Å². The molecule has 82 valence electrons. The maximum atomic E-state index is 11.6. The van der Waals surface area contributed by atoms with Crippen LogP contribution in [0, 0.1) is 0 Å². The van der Waals surface area contributed by atoms with Crippen molar-refractivity contribution in [2.75, 3.05) is 5.32 Å². The van der Waals surface area contributed by atoms with Crippen LogP contribution in [-0.4, -0.2) is 14.8 Å². The molecular formula is C10H13BrN2O2. The molecule has 0 aliphatic carbocycles. The van der Waals surface area contributed by atoms with Crippen molar-refractivity contribution < 1.29 is 4.79 Å². The van der Waals surface area contributed by atoms with Crippen LogP contribution >= 0.6 is 15.9 Å². The maximum Gasteiger partial charge on any atom is 0.250 e. The minimum Gasteiger partial charge on any atom is -0.324 e. The Balaban J connectivity index is 2.87. The van der Waals surface area contributed by atoms with Crippen molar-refractivity contribution in [2.24, 2.45) is 7.05 Å². The van der Waals surface area contributed by atoms with Gasteiger partial charge in [-0.1, -0.05) is 15.9 Å². The van der Waals surface area contributed by atoms with E-state index in [9.17, 15) is 9.59 Å². The van der Waals surface area contributed by atoms with Crippen molar-refractivity contribution in [1.29, 1.82) is 0 Å². The molecule has 0 bridgehead atoms. The van der Waals surface area contributed by atoms with Gasteiger partial charge < -0.3 is 9.88 Å². The van der Waals surface area contributed by atoms with E-state index in [2.05, 4.69) is 21.2 Å². The van der Waals surface area contributed by atoms with E-state index in [1.807, 2.05) is 0 Å². The van der Waals surface area contributed by atoms with Crippen LogP contribution in [0.5, 0.6) is 0 Å². The number of nitrogens with one attached hydrogen (secondary N) is 1. The van der Waals surface area contributed by atoms with Gasteiger partial charge in [-0.05, 0) is 19.9 Å². The minimum absolute atomic E-state index is 0.105. The smallest absolute Gasteiger partial charge is 0.250 e. The summed E-state index contributed by atoms with van der Waals surface area (Å²) >= 11 is 3.25. The van der Waals surface area contributed by atoms with Crippen molar-refractivity contribution in [3.05, 3.63) is 28.7 Å². The molecule has 0 spiro atoms. The highest BCUT2D eigenvalue weighted by Gasteiger charge is 2.23. The molecule has 1 rings (SSSR count). The number of anilines is 1. The number of hydrogen-bond acceptors (Lipinski definition) is 2. The summed E-state index contributed by atoms with van der Waals surface area (Å²) in [5.41, 5.74) is 0.501. The predicted molar refractivity (Wildman–Crippen MR) is 63.3 cm³/mol. The van der Waals surface area contributed by atoms with Gasteiger partial charge in [0.15, 0.2) is 0 Å². The van der Waals surface area contributed by atoms with Crippen LogP contribution in [0.1, 0.15) is 13.8 Å². The second-order valence-electron chi connectivity index (χ2n) is 3.79. The maximum absolute atomic E-state index is 11.6. The van der Waals surface area contributed by atoms with E-state index >= 15 is 0 Å². The zero-order valence-electron chi connectivity index (χ0n) is 8.87. The molecule has 0 aromatic carbocycles. The molecule has 0 fully saturated rings. The van der Waals surface area contributed by atoms with Crippen molar-refractivity contribution in [2.45, 2.75) is 18.2 Å². The van der Waals surface area contributed by atoms with Crippen LogP contribution in [0.2, 0.25) is 0 Å². The molecule has 0 aliphatic rings. The van der Waals surface area contributed by atoms with Crippen molar-refractivity contribution in [3.63, 3.8) is 0 Å². The average molecular weight is 273 g/mol. The average Bonchev–Trinajstić information content (AvgIpc) is 2.10. The first kappa shape index (κ1) is 12.0. The van der Waals surface area contributed by atoms with E-state index in [1.165, 1.54) is 10.6 Å². The quantitative estimate of drug-likeness (QED) is 0.830. The molecule has 0 atom stereocenters. The molecule has 1 aromatic heterocycles. The van der Waals surface area contributed by atoms with Gasteiger partial charge in [-0.2, -0.15) is 0 Å². The lowest BCUT2D eigenvalue weighted by molar-refractivity contribution is -0.117. The highest BCUT2D eigenvalue weighted by Crippen LogP contribution is 2.18. The fourth-order valence-corrected chi connectivity index (χ4v) is 1.05. The number of alkyl halides is 1. The summed E-state index contributed by atoms with van der Waals surface area (Å²) in [5, 5.41) is 2.70. The molecule has 1 heterocycles. The molecule has 0 saturated carbocycles. The van der Waals surface area contributed by atoms with Crippen LogP contribution in [0.3, 0.4) is 0 Å². The van der Waals surface area contributed by atoms with Gasteiger partial charge in [-0.25, -0.2) is 0 Å². The van der Waals surface area contributed by atoms with Crippen molar-refractivity contribution in [1.82, 2.24) is 4.57 Å². The Hall–Kier alpha value is -1.10. The summed E-state index contributed by atoms with van der Waals surface area (Å²) in [6.45, 7) is 3.51. The predicted octanol–water partition coefficient (Wildman–Crippen LogP) is 1.50. The number of nitrogens with zero attached hydrogens (tertiary/aromatic N) is 1. The minimum atomic E-state index is -0.623. The fraction of sp³-hybridized carbons (Fsp3) is 0.400. The third-order valence-electron chi connectivity index (χ3n) is 1.88. The van der Waals surface area contributed by atoms with Crippen LogP contribution in [0.4, 0.5) is 5.69 Å². The largest absolute Gasteiger partial charge is 0.324 e. The van der Waals surface area contributed by atoms with Gasteiger partial charge in [-0.3, -0.25) is 9.59 Å². The molecule has 0 aliphatic heterocycles. The van der Waals surface area contributed by atoms with E-state index < -0.39 is 4.32 Å². The van der Waals surface area contributed by atoms with Gasteiger partial charge in [0.05, 0.1) is 10.0 Å². The number of amides is 1. The number of aromatic nitrogens is 1. The molecule has 1 N–H and O–H groups in total. The molecule has 0 unspecified atom stereocenters. The molecule has 0 radical (unpaired) electrons. The first-order valence-corrected chi connectivity index (χ1v) is 5.27. The Morgan fingerprint density at radius 3 is 2.53 bits per heavy atom. The Morgan fingerprint density at radius 2 is 2.07 bits per heavy atom. The Bertz CT molecular complexity index is 432. The lowest BCUT2D eigenvalue weighted by Crippen LogP contribution is -2.31. The SMILES string of the molecule is Cn1cc(NC(=O)C(C)(C)Br)ccc1=O. The third-order valence-corrected chi connectivity index (χ3v) is 2.24.